The zero-order valence-corrected chi connectivity index (χ0v) is 16.1. The first-order valence-electron chi connectivity index (χ1n) is 9.05. The molecular formula is C21H27NO2S. The summed E-state index contributed by atoms with van der Waals surface area (Å²) in [5.74, 6) is 0. The lowest BCUT2D eigenvalue weighted by Crippen LogP contribution is -2.35. The first kappa shape index (κ1) is 18.2. The van der Waals surface area contributed by atoms with Gasteiger partial charge in [-0.15, -0.1) is 0 Å². The second-order valence-electron chi connectivity index (χ2n) is 7.16. The minimum atomic E-state index is -3.52. The number of benzene rings is 2. The molecule has 0 amide bonds. The largest absolute Gasteiger partial charge is 0.243 e. The number of hydrogen-bond donors (Lipinski definition) is 0. The second kappa shape index (κ2) is 7.30. The van der Waals surface area contributed by atoms with Gasteiger partial charge in [0.1, 0.15) is 0 Å². The van der Waals surface area contributed by atoms with E-state index in [1.807, 2.05) is 38.1 Å². The lowest BCUT2D eigenvalue weighted by atomic mass is 10.0. The molecule has 0 bridgehead atoms. The highest BCUT2D eigenvalue weighted by molar-refractivity contribution is 7.89. The smallest absolute Gasteiger partial charge is 0.207 e. The van der Waals surface area contributed by atoms with Crippen molar-refractivity contribution in [2.45, 2.75) is 57.4 Å². The molecule has 1 heterocycles. The molecular weight excluding hydrogens is 330 g/mol. The molecule has 0 aliphatic carbocycles. The van der Waals surface area contributed by atoms with Crippen molar-refractivity contribution in [3.8, 4) is 0 Å². The van der Waals surface area contributed by atoms with Gasteiger partial charge in [-0.05, 0) is 56.4 Å². The Balaban J connectivity index is 2.08. The SMILES string of the molecule is Cc1cccc([C@@H]2CCCCCN2S(=O)(=O)c2cc(C)ccc2C)c1. The van der Waals surface area contributed by atoms with Crippen LogP contribution < -0.4 is 0 Å². The van der Waals surface area contributed by atoms with Crippen LogP contribution in [0.5, 0.6) is 0 Å². The monoisotopic (exact) mass is 357 g/mol. The fraction of sp³-hybridized carbons (Fsp3) is 0.429. The molecule has 134 valence electrons. The van der Waals surface area contributed by atoms with Gasteiger partial charge in [0.05, 0.1) is 10.9 Å². The first-order chi connectivity index (χ1) is 11.9. The average molecular weight is 358 g/mol. The van der Waals surface area contributed by atoms with E-state index in [0.717, 1.165) is 42.4 Å². The summed E-state index contributed by atoms with van der Waals surface area (Å²) < 4.78 is 28.8. The van der Waals surface area contributed by atoms with Gasteiger partial charge in [-0.2, -0.15) is 4.31 Å². The van der Waals surface area contributed by atoms with Crippen LogP contribution in [-0.2, 0) is 10.0 Å². The summed E-state index contributed by atoms with van der Waals surface area (Å²) in [7, 11) is -3.52. The van der Waals surface area contributed by atoms with E-state index in [1.165, 1.54) is 5.56 Å². The topological polar surface area (TPSA) is 37.4 Å². The third-order valence-electron chi connectivity index (χ3n) is 5.06. The molecule has 0 radical (unpaired) electrons. The van der Waals surface area contributed by atoms with Gasteiger partial charge in [-0.1, -0.05) is 54.8 Å². The first-order valence-corrected chi connectivity index (χ1v) is 10.5. The van der Waals surface area contributed by atoms with Crippen molar-refractivity contribution >= 4 is 10.0 Å². The van der Waals surface area contributed by atoms with E-state index in [-0.39, 0.29) is 6.04 Å². The molecule has 1 aliphatic heterocycles. The summed E-state index contributed by atoms with van der Waals surface area (Å²) in [5, 5.41) is 0. The Labute approximate surface area is 151 Å². The lowest BCUT2D eigenvalue weighted by Gasteiger charge is -2.30. The van der Waals surface area contributed by atoms with Gasteiger partial charge in [0.15, 0.2) is 0 Å². The Kier molecular flexibility index (Phi) is 5.30. The molecule has 4 heteroatoms. The van der Waals surface area contributed by atoms with E-state index in [9.17, 15) is 8.42 Å². The third-order valence-corrected chi connectivity index (χ3v) is 7.11. The number of sulfonamides is 1. The van der Waals surface area contributed by atoms with Gasteiger partial charge in [-0.3, -0.25) is 0 Å². The van der Waals surface area contributed by atoms with Crippen LogP contribution in [0.15, 0.2) is 47.4 Å². The second-order valence-corrected chi connectivity index (χ2v) is 9.02. The molecule has 1 aliphatic rings. The standard InChI is InChI=1S/C21H27NO2S/c1-16-8-7-9-19(14-16)20-10-5-4-6-13-22(20)25(23,24)21-15-17(2)11-12-18(21)3/h7-9,11-12,14-15,20H,4-6,10,13H2,1-3H3/t20-/m0/s1. The van der Waals surface area contributed by atoms with Crippen LogP contribution in [0.25, 0.3) is 0 Å². The molecule has 25 heavy (non-hydrogen) atoms. The van der Waals surface area contributed by atoms with Crippen LogP contribution in [0, 0.1) is 20.8 Å². The highest BCUT2D eigenvalue weighted by atomic mass is 32.2. The average Bonchev–Trinajstić information content (AvgIpc) is 2.83. The number of rotatable bonds is 3. The van der Waals surface area contributed by atoms with E-state index < -0.39 is 10.0 Å². The van der Waals surface area contributed by atoms with Crippen LogP contribution in [0.1, 0.15) is 54.0 Å². The summed E-state index contributed by atoms with van der Waals surface area (Å²) in [4.78, 5) is 0.451. The number of hydrogen-bond acceptors (Lipinski definition) is 2. The van der Waals surface area contributed by atoms with E-state index in [0.29, 0.717) is 11.4 Å². The van der Waals surface area contributed by atoms with Crippen molar-refractivity contribution in [1.82, 2.24) is 4.31 Å². The molecule has 3 rings (SSSR count). The molecule has 2 aromatic carbocycles. The van der Waals surface area contributed by atoms with Crippen LogP contribution >= 0.6 is 0 Å². The van der Waals surface area contributed by atoms with Crippen LogP contribution in [0.2, 0.25) is 0 Å². The Morgan fingerprint density at radius 3 is 2.44 bits per heavy atom. The molecule has 0 spiro atoms. The van der Waals surface area contributed by atoms with Crippen molar-refractivity contribution in [2.75, 3.05) is 6.54 Å². The van der Waals surface area contributed by atoms with E-state index in [4.69, 9.17) is 0 Å². The van der Waals surface area contributed by atoms with Crippen molar-refractivity contribution in [2.24, 2.45) is 0 Å². The Bertz CT molecular complexity index is 858. The lowest BCUT2D eigenvalue weighted by molar-refractivity contribution is 0.328. The maximum Gasteiger partial charge on any atom is 0.243 e. The van der Waals surface area contributed by atoms with Crippen molar-refractivity contribution in [1.29, 1.82) is 0 Å². The zero-order valence-electron chi connectivity index (χ0n) is 15.3. The molecule has 3 nitrogen and oxygen atoms in total. The van der Waals surface area contributed by atoms with Crippen LogP contribution in [-0.4, -0.2) is 19.3 Å². The van der Waals surface area contributed by atoms with Crippen molar-refractivity contribution < 1.29 is 8.42 Å². The van der Waals surface area contributed by atoms with E-state index in [1.54, 1.807) is 4.31 Å². The molecule has 0 saturated carbocycles. The molecule has 1 fully saturated rings. The fourth-order valence-corrected chi connectivity index (χ4v) is 5.69. The minimum Gasteiger partial charge on any atom is -0.207 e. The quantitative estimate of drug-likeness (QED) is 0.782. The van der Waals surface area contributed by atoms with Crippen molar-refractivity contribution in [3.05, 3.63) is 64.7 Å². The highest BCUT2D eigenvalue weighted by Gasteiger charge is 2.34. The molecule has 0 aromatic heterocycles. The van der Waals surface area contributed by atoms with Gasteiger partial charge in [0.2, 0.25) is 10.0 Å². The maximum atomic E-state index is 13.5. The third kappa shape index (κ3) is 3.80. The molecule has 1 atom stereocenters. The molecule has 0 unspecified atom stereocenters. The summed E-state index contributed by atoms with van der Waals surface area (Å²) in [6.07, 6.45) is 3.96. The number of aryl methyl sites for hydroxylation is 3. The molecule has 2 aromatic rings. The number of nitrogens with zero attached hydrogens (tertiary/aromatic N) is 1. The maximum absolute atomic E-state index is 13.5. The summed E-state index contributed by atoms with van der Waals surface area (Å²) in [5.41, 5.74) is 4.07. The Morgan fingerprint density at radius 1 is 0.920 bits per heavy atom. The van der Waals surface area contributed by atoms with Gasteiger partial charge < -0.3 is 0 Å². The zero-order chi connectivity index (χ0) is 18.0. The fourth-order valence-electron chi connectivity index (χ4n) is 3.69. The Morgan fingerprint density at radius 2 is 1.68 bits per heavy atom. The minimum absolute atomic E-state index is 0.0766. The summed E-state index contributed by atoms with van der Waals surface area (Å²) in [6, 6.07) is 13.9. The summed E-state index contributed by atoms with van der Waals surface area (Å²) >= 11 is 0. The molecule has 0 N–H and O–H groups in total. The predicted octanol–water partition coefficient (Wildman–Crippen LogP) is 4.92. The van der Waals surface area contributed by atoms with E-state index >= 15 is 0 Å². The van der Waals surface area contributed by atoms with Crippen molar-refractivity contribution in [3.63, 3.8) is 0 Å². The van der Waals surface area contributed by atoms with E-state index in [2.05, 4.69) is 25.1 Å². The normalized spacial score (nSPS) is 19.6. The van der Waals surface area contributed by atoms with Gasteiger partial charge in [0.25, 0.3) is 0 Å². The molecule has 1 saturated heterocycles. The Hall–Kier alpha value is -1.65. The van der Waals surface area contributed by atoms with Crippen LogP contribution in [0.3, 0.4) is 0 Å². The highest BCUT2D eigenvalue weighted by Crippen LogP contribution is 2.35. The van der Waals surface area contributed by atoms with Gasteiger partial charge >= 0.3 is 0 Å². The van der Waals surface area contributed by atoms with Crippen LogP contribution in [0.4, 0.5) is 0 Å². The van der Waals surface area contributed by atoms with Gasteiger partial charge in [-0.25, -0.2) is 8.42 Å². The van der Waals surface area contributed by atoms with Gasteiger partial charge in [0, 0.05) is 6.54 Å². The predicted molar refractivity (Wildman–Crippen MR) is 102 cm³/mol. The summed E-state index contributed by atoms with van der Waals surface area (Å²) in [6.45, 7) is 6.48.